The molecular weight excluding hydrogens is 225 g/mol. The van der Waals surface area contributed by atoms with E-state index >= 15 is 0 Å². The van der Waals surface area contributed by atoms with E-state index in [0.717, 1.165) is 12.0 Å². The first-order chi connectivity index (χ1) is 7.29. The van der Waals surface area contributed by atoms with Gasteiger partial charge in [-0.2, -0.15) is 0 Å². The van der Waals surface area contributed by atoms with E-state index in [0.29, 0.717) is 19.6 Å². The summed E-state index contributed by atoms with van der Waals surface area (Å²) in [5, 5.41) is -0.960. The Morgan fingerprint density at radius 1 is 1.38 bits per heavy atom. The Labute approximate surface area is 98.7 Å². The number of rotatable bonds is 8. The molecule has 0 amide bonds. The fourth-order valence-corrected chi connectivity index (χ4v) is 3.01. The summed E-state index contributed by atoms with van der Waals surface area (Å²) in [5.74, 6) is 0. The van der Waals surface area contributed by atoms with Crippen LogP contribution in [0.25, 0.3) is 0 Å². The zero-order chi connectivity index (χ0) is 12.8. The van der Waals surface area contributed by atoms with Crippen molar-refractivity contribution in [1.82, 2.24) is 0 Å². The molecular formula is C11H24NO3P. The van der Waals surface area contributed by atoms with Gasteiger partial charge in [-0.15, -0.1) is 6.58 Å². The first kappa shape index (κ1) is 15.9. The molecule has 16 heavy (non-hydrogen) atoms. The highest BCUT2D eigenvalue weighted by Crippen LogP contribution is 2.59. The van der Waals surface area contributed by atoms with Crippen molar-refractivity contribution in [2.24, 2.45) is 5.73 Å². The molecule has 0 aromatic rings. The summed E-state index contributed by atoms with van der Waals surface area (Å²) in [7, 11) is -3.24. The van der Waals surface area contributed by atoms with Gasteiger partial charge in [0.2, 0.25) is 0 Å². The molecule has 0 fully saturated rings. The molecule has 0 aromatic carbocycles. The van der Waals surface area contributed by atoms with Gasteiger partial charge in [-0.05, 0) is 40.5 Å². The van der Waals surface area contributed by atoms with Gasteiger partial charge in [0.15, 0.2) is 0 Å². The molecule has 0 aromatic heterocycles. The lowest BCUT2D eigenvalue weighted by Gasteiger charge is -2.32. The second-order valence-electron chi connectivity index (χ2n) is 4.15. The van der Waals surface area contributed by atoms with Gasteiger partial charge in [-0.3, -0.25) is 4.57 Å². The maximum absolute atomic E-state index is 12.4. The molecule has 0 spiro atoms. The molecule has 0 aliphatic rings. The van der Waals surface area contributed by atoms with E-state index < -0.39 is 12.9 Å². The van der Waals surface area contributed by atoms with E-state index in [1.165, 1.54) is 0 Å². The lowest BCUT2D eigenvalue weighted by atomic mass is 10.1. The van der Waals surface area contributed by atoms with Gasteiger partial charge in [0, 0.05) is 0 Å². The summed E-state index contributed by atoms with van der Waals surface area (Å²) >= 11 is 0. The topological polar surface area (TPSA) is 61.6 Å². The third-order valence-electron chi connectivity index (χ3n) is 2.28. The van der Waals surface area contributed by atoms with E-state index in [1.807, 2.05) is 6.92 Å². The predicted octanol–water partition coefficient (Wildman–Crippen LogP) is 3.28. The maximum Gasteiger partial charge on any atom is 0.350 e. The van der Waals surface area contributed by atoms with Crippen LogP contribution in [0.4, 0.5) is 0 Å². The molecule has 5 heteroatoms. The van der Waals surface area contributed by atoms with Gasteiger partial charge < -0.3 is 14.8 Å². The Bertz CT molecular complexity index is 266. The molecule has 0 saturated heterocycles. The molecule has 2 N–H and O–H groups in total. The second-order valence-corrected chi connectivity index (χ2v) is 6.68. The van der Waals surface area contributed by atoms with Crippen LogP contribution in [0.5, 0.6) is 0 Å². The van der Waals surface area contributed by atoms with Crippen LogP contribution in [0.1, 0.15) is 40.5 Å². The first-order valence-corrected chi connectivity index (χ1v) is 7.15. The van der Waals surface area contributed by atoms with Crippen molar-refractivity contribution in [1.29, 1.82) is 0 Å². The second kappa shape index (κ2) is 6.55. The van der Waals surface area contributed by atoms with Crippen LogP contribution >= 0.6 is 7.60 Å². The number of allylic oxidation sites excluding steroid dienone is 1. The molecule has 0 rings (SSSR count). The third-order valence-corrected chi connectivity index (χ3v) is 4.95. The zero-order valence-corrected chi connectivity index (χ0v) is 11.7. The molecule has 1 atom stereocenters. The Kier molecular flexibility index (Phi) is 6.49. The summed E-state index contributed by atoms with van der Waals surface area (Å²) in [5.41, 5.74) is 7.07. The number of nitrogens with two attached hydrogens (primary N) is 1. The number of hydrogen-bond acceptors (Lipinski definition) is 4. The van der Waals surface area contributed by atoms with Crippen molar-refractivity contribution < 1.29 is 13.6 Å². The Balaban J connectivity index is 4.74. The van der Waals surface area contributed by atoms with Gasteiger partial charge in [0.05, 0.1) is 13.2 Å². The SMILES string of the molecule is C=C(C)CCC(C)(N)P(=O)(OCC)OCC. The van der Waals surface area contributed by atoms with Gasteiger partial charge >= 0.3 is 7.60 Å². The minimum absolute atomic E-state index is 0.330. The average Bonchev–Trinajstić information content (AvgIpc) is 2.15. The largest absolute Gasteiger partial charge is 0.350 e. The van der Waals surface area contributed by atoms with Crippen LogP contribution < -0.4 is 5.73 Å². The molecule has 96 valence electrons. The quantitative estimate of drug-likeness (QED) is 0.529. The fraction of sp³-hybridized carbons (Fsp3) is 0.818. The van der Waals surface area contributed by atoms with Crippen molar-refractivity contribution in [3.05, 3.63) is 12.2 Å². The molecule has 4 nitrogen and oxygen atoms in total. The first-order valence-electron chi connectivity index (χ1n) is 5.61. The van der Waals surface area contributed by atoms with Crippen LogP contribution in [0, 0.1) is 0 Å². The summed E-state index contributed by atoms with van der Waals surface area (Å²) in [6.45, 7) is 11.7. The van der Waals surface area contributed by atoms with Crippen LogP contribution in [0.3, 0.4) is 0 Å². The summed E-state index contributed by atoms with van der Waals surface area (Å²) in [6, 6.07) is 0. The lowest BCUT2D eigenvalue weighted by molar-refractivity contribution is 0.196. The molecule has 0 radical (unpaired) electrons. The number of hydrogen-bond donors (Lipinski definition) is 1. The van der Waals surface area contributed by atoms with E-state index in [9.17, 15) is 4.57 Å². The highest BCUT2D eigenvalue weighted by Gasteiger charge is 2.43. The van der Waals surface area contributed by atoms with Crippen LogP contribution in [0.15, 0.2) is 12.2 Å². The molecule has 0 bridgehead atoms. The summed E-state index contributed by atoms with van der Waals surface area (Å²) < 4.78 is 22.9. The van der Waals surface area contributed by atoms with Gasteiger partial charge in [-0.25, -0.2) is 0 Å². The average molecular weight is 249 g/mol. The molecule has 0 aliphatic heterocycles. The van der Waals surface area contributed by atoms with E-state index in [2.05, 4.69) is 6.58 Å². The Morgan fingerprint density at radius 2 is 1.81 bits per heavy atom. The highest BCUT2D eigenvalue weighted by atomic mass is 31.2. The predicted molar refractivity (Wildman–Crippen MR) is 67.5 cm³/mol. The van der Waals surface area contributed by atoms with Crippen LogP contribution in [0.2, 0.25) is 0 Å². The van der Waals surface area contributed by atoms with Crippen molar-refractivity contribution in [3.63, 3.8) is 0 Å². The highest BCUT2D eigenvalue weighted by molar-refractivity contribution is 7.55. The minimum Gasteiger partial charge on any atom is -0.315 e. The standard InChI is InChI=1S/C11H24NO3P/c1-6-14-16(13,15-7-2)11(5,12)9-8-10(3)4/h3,6-9,12H2,1-2,4-5H3. The fourth-order valence-electron chi connectivity index (χ4n) is 1.28. The van der Waals surface area contributed by atoms with E-state index in [4.69, 9.17) is 14.8 Å². The van der Waals surface area contributed by atoms with Gasteiger partial charge in [0.25, 0.3) is 0 Å². The maximum atomic E-state index is 12.4. The van der Waals surface area contributed by atoms with Crippen molar-refractivity contribution >= 4 is 7.60 Å². The summed E-state index contributed by atoms with van der Waals surface area (Å²) in [4.78, 5) is 0. The van der Waals surface area contributed by atoms with Gasteiger partial charge in [-0.1, -0.05) is 5.57 Å². The zero-order valence-electron chi connectivity index (χ0n) is 10.8. The molecule has 1 unspecified atom stereocenters. The van der Waals surface area contributed by atoms with E-state index in [1.54, 1.807) is 20.8 Å². The van der Waals surface area contributed by atoms with Gasteiger partial charge in [0.1, 0.15) is 5.28 Å². The molecule has 0 saturated carbocycles. The third kappa shape index (κ3) is 4.38. The van der Waals surface area contributed by atoms with Crippen molar-refractivity contribution in [2.45, 2.75) is 45.8 Å². The minimum atomic E-state index is -3.24. The van der Waals surface area contributed by atoms with Crippen molar-refractivity contribution in [2.75, 3.05) is 13.2 Å². The smallest absolute Gasteiger partial charge is 0.315 e. The molecule has 0 aliphatic carbocycles. The Hall–Kier alpha value is -0.150. The lowest BCUT2D eigenvalue weighted by Crippen LogP contribution is -2.37. The normalized spacial score (nSPS) is 15.8. The van der Waals surface area contributed by atoms with E-state index in [-0.39, 0.29) is 0 Å². The van der Waals surface area contributed by atoms with Crippen LogP contribution in [-0.2, 0) is 13.6 Å². The summed E-state index contributed by atoms with van der Waals surface area (Å²) in [6.07, 6.45) is 1.26. The van der Waals surface area contributed by atoms with Crippen LogP contribution in [-0.4, -0.2) is 18.5 Å². The molecule has 0 heterocycles. The monoisotopic (exact) mass is 249 g/mol. The Morgan fingerprint density at radius 3 is 2.12 bits per heavy atom. The van der Waals surface area contributed by atoms with Crippen molar-refractivity contribution in [3.8, 4) is 0 Å².